The fourth-order valence-electron chi connectivity index (χ4n) is 1.03. The number of benzene rings is 1. The van der Waals surface area contributed by atoms with Crippen molar-refractivity contribution in [1.82, 2.24) is 0 Å². The first-order valence-electron chi connectivity index (χ1n) is 4.62. The van der Waals surface area contributed by atoms with Crippen LogP contribution in [-0.2, 0) is 4.79 Å². The number of carbonyl (C=O) groups is 1. The van der Waals surface area contributed by atoms with Crippen molar-refractivity contribution < 1.29 is 4.79 Å². The molecule has 3 heteroatoms. The zero-order valence-corrected chi connectivity index (χ0v) is 9.65. The third-order valence-electron chi connectivity index (χ3n) is 1.73. The fraction of sp³-hybridized carbons (Fsp3) is 0.250. The quantitative estimate of drug-likeness (QED) is 0.774. The van der Waals surface area contributed by atoms with Gasteiger partial charge in [-0.25, -0.2) is 0 Å². The second kappa shape index (κ2) is 6.15. The Bertz CT molecular complexity index is 404. The molecule has 0 saturated heterocycles. The molecule has 0 spiro atoms. The highest BCUT2D eigenvalue weighted by Gasteiger charge is 1.91. The van der Waals surface area contributed by atoms with Crippen LogP contribution in [0.25, 0.3) is 0 Å². The third kappa shape index (κ3) is 4.57. The number of hydrogen-bond acceptors (Lipinski definition) is 3. The first kappa shape index (κ1) is 11.7. The molecule has 0 saturated carbocycles. The normalized spacial score (nSPS) is 8.93. The van der Waals surface area contributed by atoms with Gasteiger partial charge in [-0.2, -0.15) is 0 Å². The molecule has 0 amide bonds. The van der Waals surface area contributed by atoms with Crippen molar-refractivity contribution >= 4 is 22.6 Å². The predicted octanol–water partition coefficient (Wildman–Crippen LogP) is 2.36. The third-order valence-corrected chi connectivity index (χ3v) is 2.43. The molecule has 1 aromatic rings. The molecule has 0 atom stereocenters. The summed E-state index contributed by atoms with van der Waals surface area (Å²) in [6.45, 7) is 1.55. The molecule has 0 bridgehead atoms. The molecular formula is C12H13NOS. The van der Waals surface area contributed by atoms with Gasteiger partial charge in [0.05, 0.1) is 5.75 Å². The molecule has 0 aliphatic heterocycles. The van der Waals surface area contributed by atoms with Gasteiger partial charge in [-0.3, -0.25) is 4.79 Å². The molecule has 0 aromatic heterocycles. The van der Waals surface area contributed by atoms with Gasteiger partial charge in [0.1, 0.15) is 0 Å². The van der Waals surface area contributed by atoms with Crippen LogP contribution in [0.4, 0.5) is 5.69 Å². The lowest BCUT2D eigenvalue weighted by Crippen LogP contribution is -1.87. The Kier molecular flexibility index (Phi) is 4.79. The minimum absolute atomic E-state index is 0.105. The van der Waals surface area contributed by atoms with E-state index in [9.17, 15) is 4.79 Å². The van der Waals surface area contributed by atoms with E-state index >= 15 is 0 Å². The van der Waals surface area contributed by atoms with Crippen LogP contribution < -0.4 is 5.32 Å². The van der Waals surface area contributed by atoms with Gasteiger partial charge in [-0.1, -0.05) is 29.7 Å². The summed E-state index contributed by atoms with van der Waals surface area (Å²) in [6.07, 6.45) is 0. The second-order valence-electron chi connectivity index (χ2n) is 2.91. The van der Waals surface area contributed by atoms with Crippen LogP contribution in [0.1, 0.15) is 12.5 Å². The summed E-state index contributed by atoms with van der Waals surface area (Å²) >= 11 is 1.23. The number of nitrogens with one attached hydrogen (secondary N) is 1. The molecule has 78 valence electrons. The summed E-state index contributed by atoms with van der Waals surface area (Å²) in [5.41, 5.74) is 2.01. The molecule has 1 aromatic carbocycles. The van der Waals surface area contributed by atoms with E-state index in [0.717, 1.165) is 11.3 Å². The van der Waals surface area contributed by atoms with Gasteiger partial charge in [0, 0.05) is 25.2 Å². The molecule has 0 heterocycles. The van der Waals surface area contributed by atoms with Crippen LogP contribution in [0.5, 0.6) is 0 Å². The average Bonchev–Trinajstić information content (AvgIpc) is 2.24. The highest BCUT2D eigenvalue weighted by Crippen LogP contribution is 2.08. The maximum absolute atomic E-state index is 10.6. The van der Waals surface area contributed by atoms with Gasteiger partial charge in [0.15, 0.2) is 5.12 Å². The van der Waals surface area contributed by atoms with Crippen molar-refractivity contribution in [2.24, 2.45) is 0 Å². The smallest absolute Gasteiger partial charge is 0.186 e. The standard InChI is InChI=1S/C12H13NOS/c1-10(14)15-8-4-6-11-5-3-7-12(9-11)13-2/h3,5,7,9,13H,8H2,1-2H3. The Labute approximate surface area is 94.5 Å². The summed E-state index contributed by atoms with van der Waals surface area (Å²) in [6, 6.07) is 7.86. The van der Waals surface area contributed by atoms with E-state index < -0.39 is 0 Å². The van der Waals surface area contributed by atoms with Crippen molar-refractivity contribution in [2.75, 3.05) is 18.1 Å². The van der Waals surface area contributed by atoms with Gasteiger partial charge in [0.2, 0.25) is 0 Å². The van der Waals surface area contributed by atoms with Crippen molar-refractivity contribution in [3.05, 3.63) is 29.8 Å². The maximum atomic E-state index is 10.6. The molecule has 0 aliphatic rings. The van der Waals surface area contributed by atoms with Gasteiger partial charge < -0.3 is 5.32 Å². The van der Waals surface area contributed by atoms with Crippen molar-refractivity contribution in [1.29, 1.82) is 0 Å². The molecule has 2 nitrogen and oxygen atoms in total. The molecule has 1 rings (SSSR count). The zero-order valence-electron chi connectivity index (χ0n) is 8.83. The number of thioether (sulfide) groups is 1. The Morgan fingerprint density at radius 1 is 1.53 bits per heavy atom. The van der Waals surface area contributed by atoms with Crippen LogP contribution in [0.2, 0.25) is 0 Å². The molecule has 0 unspecified atom stereocenters. The summed E-state index contributed by atoms with van der Waals surface area (Å²) in [5.74, 6) is 6.52. The second-order valence-corrected chi connectivity index (χ2v) is 4.07. The van der Waals surface area contributed by atoms with Crippen molar-refractivity contribution in [3.63, 3.8) is 0 Å². The number of carbonyl (C=O) groups excluding carboxylic acids is 1. The molecule has 0 fully saturated rings. The molecule has 0 aliphatic carbocycles. The minimum Gasteiger partial charge on any atom is -0.388 e. The fourth-order valence-corrected chi connectivity index (χ4v) is 1.38. The van der Waals surface area contributed by atoms with E-state index in [-0.39, 0.29) is 5.12 Å². The lowest BCUT2D eigenvalue weighted by Gasteiger charge is -1.98. The summed E-state index contributed by atoms with van der Waals surface area (Å²) in [5, 5.41) is 3.15. The average molecular weight is 219 g/mol. The minimum atomic E-state index is 0.105. The Hall–Kier alpha value is -1.40. The molecular weight excluding hydrogens is 206 g/mol. The van der Waals surface area contributed by atoms with Crippen LogP contribution in [0.15, 0.2) is 24.3 Å². The van der Waals surface area contributed by atoms with Gasteiger partial charge >= 0.3 is 0 Å². The van der Waals surface area contributed by atoms with Crippen LogP contribution in [0, 0.1) is 11.8 Å². The SMILES string of the molecule is CNc1cccc(C#CCSC(C)=O)c1. The maximum Gasteiger partial charge on any atom is 0.186 e. The van der Waals surface area contributed by atoms with Crippen molar-refractivity contribution in [2.45, 2.75) is 6.92 Å². The van der Waals surface area contributed by atoms with Crippen LogP contribution in [-0.4, -0.2) is 17.9 Å². The first-order chi connectivity index (χ1) is 7.22. The molecule has 1 N–H and O–H groups in total. The molecule has 0 radical (unpaired) electrons. The van der Waals surface area contributed by atoms with E-state index in [4.69, 9.17) is 0 Å². The largest absolute Gasteiger partial charge is 0.388 e. The van der Waals surface area contributed by atoms with E-state index in [1.165, 1.54) is 11.8 Å². The summed E-state index contributed by atoms with van der Waals surface area (Å²) in [7, 11) is 1.87. The van der Waals surface area contributed by atoms with E-state index in [1.807, 2.05) is 31.3 Å². The Morgan fingerprint density at radius 3 is 3.00 bits per heavy atom. The van der Waals surface area contributed by atoms with Crippen LogP contribution >= 0.6 is 11.8 Å². The highest BCUT2D eigenvalue weighted by molar-refractivity contribution is 8.13. The lowest BCUT2D eigenvalue weighted by molar-refractivity contribution is -0.109. The predicted molar refractivity (Wildman–Crippen MR) is 66.0 cm³/mol. The highest BCUT2D eigenvalue weighted by atomic mass is 32.2. The van der Waals surface area contributed by atoms with Gasteiger partial charge in [0.25, 0.3) is 0 Å². The molecule has 15 heavy (non-hydrogen) atoms. The van der Waals surface area contributed by atoms with Crippen LogP contribution in [0.3, 0.4) is 0 Å². The Morgan fingerprint density at radius 2 is 2.33 bits per heavy atom. The Balaban J connectivity index is 2.59. The van der Waals surface area contributed by atoms with E-state index in [1.54, 1.807) is 6.92 Å². The van der Waals surface area contributed by atoms with Gasteiger partial charge in [-0.15, -0.1) is 0 Å². The topological polar surface area (TPSA) is 29.1 Å². The van der Waals surface area contributed by atoms with E-state index in [0.29, 0.717) is 5.75 Å². The van der Waals surface area contributed by atoms with E-state index in [2.05, 4.69) is 17.2 Å². The lowest BCUT2D eigenvalue weighted by atomic mass is 10.2. The number of rotatable bonds is 2. The number of anilines is 1. The zero-order chi connectivity index (χ0) is 11.1. The first-order valence-corrected chi connectivity index (χ1v) is 5.61. The van der Waals surface area contributed by atoms with Crippen molar-refractivity contribution in [3.8, 4) is 11.8 Å². The summed E-state index contributed by atoms with van der Waals surface area (Å²) in [4.78, 5) is 10.6. The summed E-state index contributed by atoms with van der Waals surface area (Å²) < 4.78 is 0. The number of hydrogen-bond donors (Lipinski definition) is 1. The monoisotopic (exact) mass is 219 g/mol. The van der Waals surface area contributed by atoms with Gasteiger partial charge in [-0.05, 0) is 18.2 Å².